The van der Waals surface area contributed by atoms with Crippen LogP contribution in [0.15, 0.2) is 24.7 Å². The first-order valence-electron chi connectivity index (χ1n) is 4.38. The second-order valence-corrected chi connectivity index (χ2v) is 3.22. The van der Waals surface area contributed by atoms with Crippen LogP contribution < -0.4 is 5.32 Å². The van der Waals surface area contributed by atoms with Gasteiger partial charge in [-0.25, -0.2) is 4.98 Å². The summed E-state index contributed by atoms with van der Waals surface area (Å²) in [7, 11) is 1.93. The van der Waals surface area contributed by atoms with Crippen LogP contribution in [-0.2, 0) is 6.54 Å². The van der Waals surface area contributed by atoms with E-state index in [2.05, 4.69) is 29.4 Å². The van der Waals surface area contributed by atoms with Crippen molar-refractivity contribution in [2.75, 3.05) is 7.05 Å². The third-order valence-electron chi connectivity index (χ3n) is 2.12. The number of aromatic nitrogens is 2. The van der Waals surface area contributed by atoms with Crippen LogP contribution in [0.4, 0.5) is 0 Å². The maximum absolute atomic E-state index is 4.33. The predicted molar refractivity (Wildman–Crippen MR) is 52.7 cm³/mol. The largest absolute Gasteiger partial charge is 0.314 e. The molecule has 0 aliphatic heterocycles. The molecule has 0 aliphatic rings. The first-order valence-corrected chi connectivity index (χ1v) is 4.38. The van der Waals surface area contributed by atoms with Crippen LogP contribution in [0.25, 0.3) is 5.52 Å². The molecule has 3 nitrogen and oxygen atoms in total. The topological polar surface area (TPSA) is 29.3 Å². The fourth-order valence-electron chi connectivity index (χ4n) is 1.45. The minimum atomic E-state index is 0.819. The van der Waals surface area contributed by atoms with Gasteiger partial charge in [0, 0.05) is 12.7 Å². The molecule has 2 aromatic rings. The van der Waals surface area contributed by atoms with Gasteiger partial charge in [-0.3, -0.25) is 0 Å². The van der Waals surface area contributed by atoms with Crippen molar-refractivity contribution in [1.82, 2.24) is 14.7 Å². The van der Waals surface area contributed by atoms with Gasteiger partial charge < -0.3 is 9.72 Å². The highest BCUT2D eigenvalue weighted by Gasteiger charge is 2.01. The van der Waals surface area contributed by atoms with Gasteiger partial charge in [-0.15, -0.1) is 0 Å². The minimum absolute atomic E-state index is 0.819. The summed E-state index contributed by atoms with van der Waals surface area (Å²) in [4.78, 5) is 4.33. The summed E-state index contributed by atoms with van der Waals surface area (Å²) >= 11 is 0. The number of pyridine rings is 1. The molecule has 2 rings (SSSR count). The quantitative estimate of drug-likeness (QED) is 0.746. The van der Waals surface area contributed by atoms with Crippen LogP contribution in [0.3, 0.4) is 0 Å². The highest BCUT2D eigenvalue weighted by atomic mass is 15.0. The lowest BCUT2D eigenvalue weighted by atomic mass is 10.2. The molecule has 0 saturated heterocycles. The molecule has 2 heterocycles. The molecule has 0 aliphatic carbocycles. The molecule has 1 N–H and O–H groups in total. The molecular weight excluding hydrogens is 162 g/mol. The van der Waals surface area contributed by atoms with Gasteiger partial charge in [-0.2, -0.15) is 0 Å². The first-order chi connectivity index (χ1) is 6.31. The summed E-state index contributed by atoms with van der Waals surface area (Å²) in [6.45, 7) is 2.91. The van der Waals surface area contributed by atoms with Gasteiger partial charge in [-0.1, -0.05) is 0 Å². The van der Waals surface area contributed by atoms with Gasteiger partial charge in [0.15, 0.2) is 0 Å². The standard InChI is InChI=1S/C10H13N3/c1-8-3-4-13-7-12-9(6-11-2)10(13)5-8/h3-5,7,11H,6H2,1-2H3. The van der Waals surface area contributed by atoms with E-state index < -0.39 is 0 Å². The zero-order valence-electron chi connectivity index (χ0n) is 7.91. The van der Waals surface area contributed by atoms with E-state index >= 15 is 0 Å². The van der Waals surface area contributed by atoms with Crippen molar-refractivity contribution in [2.45, 2.75) is 13.5 Å². The zero-order valence-corrected chi connectivity index (χ0v) is 7.91. The van der Waals surface area contributed by atoms with Crippen molar-refractivity contribution in [2.24, 2.45) is 0 Å². The third-order valence-corrected chi connectivity index (χ3v) is 2.12. The van der Waals surface area contributed by atoms with Crippen LogP contribution in [-0.4, -0.2) is 16.4 Å². The van der Waals surface area contributed by atoms with Crippen LogP contribution >= 0.6 is 0 Å². The van der Waals surface area contributed by atoms with Crippen molar-refractivity contribution in [3.63, 3.8) is 0 Å². The van der Waals surface area contributed by atoms with Gasteiger partial charge in [0.25, 0.3) is 0 Å². The van der Waals surface area contributed by atoms with E-state index in [0.717, 1.165) is 12.2 Å². The summed E-state index contributed by atoms with van der Waals surface area (Å²) in [5.74, 6) is 0. The Hall–Kier alpha value is -1.35. The Bertz CT molecular complexity index is 417. The first kappa shape index (κ1) is 8.26. The number of nitrogens with zero attached hydrogens (tertiary/aromatic N) is 2. The molecule has 0 fully saturated rings. The number of rotatable bonds is 2. The van der Waals surface area contributed by atoms with E-state index in [1.807, 2.05) is 24.0 Å². The fraction of sp³-hybridized carbons (Fsp3) is 0.300. The van der Waals surface area contributed by atoms with Gasteiger partial charge in [-0.05, 0) is 31.7 Å². The summed E-state index contributed by atoms with van der Waals surface area (Å²) in [5.41, 5.74) is 3.56. The molecule has 2 aromatic heterocycles. The highest BCUT2D eigenvalue weighted by Crippen LogP contribution is 2.10. The summed E-state index contributed by atoms with van der Waals surface area (Å²) < 4.78 is 2.04. The molecule has 0 amide bonds. The third kappa shape index (κ3) is 1.42. The van der Waals surface area contributed by atoms with Gasteiger partial charge in [0.05, 0.1) is 17.5 Å². The Kier molecular flexibility index (Phi) is 2.02. The Morgan fingerprint density at radius 3 is 3.15 bits per heavy atom. The highest BCUT2D eigenvalue weighted by molar-refractivity contribution is 5.53. The molecule has 0 saturated carbocycles. The maximum Gasteiger partial charge on any atom is 0.0996 e. The van der Waals surface area contributed by atoms with Crippen LogP contribution in [0.1, 0.15) is 11.3 Å². The Labute approximate surface area is 77.4 Å². The molecule has 0 spiro atoms. The average Bonchev–Trinajstić information content (AvgIpc) is 2.49. The monoisotopic (exact) mass is 175 g/mol. The van der Waals surface area contributed by atoms with E-state index in [4.69, 9.17) is 0 Å². The van der Waals surface area contributed by atoms with E-state index in [1.54, 1.807) is 0 Å². The van der Waals surface area contributed by atoms with Crippen molar-refractivity contribution in [3.8, 4) is 0 Å². The smallest absolute Gasteiger partial charge is 0.0996 e. The van der Waals surface area contributed by atoms with Crippen molar-refractivity contribution < 1.29 is 0 Å². The van der Waals surface area contributed by atoms with E-state index in [-0.39, 0.29) is 0 Å². The summed E-state index contributed by atoms with van der Waals surface area (Å²) in [6, 6.07) is 4.23. The van der Waals surface area contributed by atoms with Crippen LogP contribution in [0.2, 0.25) is 0 Å². The van der Waals surface area contributed by atoms with Gasteiger partial charge in [0.1, 0.15) is 0 Å². The van der Waals surface area contributed by atoms with Crippen LogP contribution in [0, 0.1) is 6.92 Å². The molecule has 0 unspecified atom stereocenters. The number of fused-ring (bicyclic) bond motifs is 1. The lowest BCUT2D eigenvalue weighted by molar-refractivity contribution is 0.802. The average molecular weight is 175 g/mol. The molecule has 3 heteroatoms. The normalized spacial score (nSPS) is 10.9. The molecule has 0 radical (unpaired) electrons. The fourth-order valence-corrected chi connectivity index (χ4v) is 1.45. The van der Waals surface area contributed by atoms with Crippen molar-refractivity contribution in [3.05, 3.63) is 35.9 Å². The number of aryl methyl sites for hydroxylation is 1. The maximum atomic E-state index is 4.33. The van der Waals surface area contributed by atoms with Gasteiger partial charge >= 0.3 is 0 Å². The minimum Gasteiger partial charge on any atom is -0.314 e. The Morgan fingerprint density at radius 2 is 2.38 bits per heavy atom. The zero-order chi connectivity index (χ0) is 9.26. The Morgan fingerprint density at radius 1 is 1.54 bits per heavy atom. The van der Waals surface area contributed by atoms with E-state index in [1.165, 1.54) is 11.1 Å². The van der Waals surface area contributed by atoms with E-state index in [9.17, 15) is 0 Å². The number of hydrogen-bond donors (Lipinski definition) is 1. The molecule has 68 valence electrons. The molecule has 0 aromatic carbocycles. The van der Waals surface area contributed by atoms with Crippen molar-refractivity contribution in [1.29, 1.82) is 0 Å². The second kappa shape index (κ2) is 3.18. The van der Waals surface area contributed by atoms with Gasteiger partial charge in [0.2, 0.25) is 0 Å². The lowest BCUT2D eigenvalue weighted by Gasteiger charge is -1.98. The summed E-state index contributed by atoms with van der Waals surface area (Å²) in [5, 5.41) is 3.11. The van der Waals surface area contributed by atoms with Crippen molar-refractivity contribution >= 4 is 5.52 Å². The molecule has 0 atom stereocenters. The summed E-state index contributed by atoms with van der Waals surface area (Å²) in [6.07, 6.45) is 3.89. The van der Waals surface area contributed by atoms with E-state index in [0.29, 0.717) is 0 Å². The van der Waals surface area contributed by atoms with Crippen LogP contribution in [0.5, 0.6) is 0 Å². The SMILES string of the molecule is CNCc1ncn2ccc(C)cc12. The molecule has 13 heavy (non-hydrogen) atoms. The molecular formula is C10H13N3. The second-order valence-electron chi connectivity index (χ2n) is 3.22. The number of imidazole rings is 1. The molecule has 0 bridgehead atoms. The lowest BCUT2D eigenvalue weighted by Crippen LogP contribution is -2.05. The predicted octanol–water partition coefficient (Wildman–Crippen LogP) is 1.36. The Balaban J connectivity index is 2.58. The number of nitrogens with one attached hydrogen (secondary N) is 1. The number of hydrogen-bond acceptors (Lipinski definition) is 2.